The van der Waals surface area contributed by atoms with Crippen molar-refractivity contribution in [2.24, 2.45) is 11.0 Å². The van der Waals surface area contributed by atoms with E-state index in [9.17, 15) is 23.1 Å². The second-order valence-corrected chi connectivity index (χ2v) is 4.69. The van der Waals surface area contributed by atoms with E-state index in [4.69, 9.17) is 5.53 Å². The number of phenolic OH excluding ortho intramolecular Hbond substituents is 1. The molecule has 1 saturated heterocycles. The number of hydrogen-bond acceptors (Lipinski definition) is 3. The Morgan fingerprint density at radius 3 is 2.81 bits per heavy atom. The number of phenols is 1. The number of benzene rings is 1. The highest BCUT2D eigenvalue weighted by molar-refractivity contribution is 5.97. The van der Waals surface area contributed by atoms with Crippen LogP contribution in [0, 0.1) is 5.92 Å². The monoisotopic (exact) mass is 300 g/mol. The van der Waals surface area contributed by atoms with Gasteiger partial charge < -0.3 is 10.0 Å². The van der Waals surface area contributed by atoms with E-state index in [1.807, 2.05) is 0 Å². The van der Waals surface area contributed by atoms with Crippen LogP contribution in [0.1, 0.15) is 12.0 Å². The van der Waals surface area contributed by atoms with Gasteiger partial charge in [-0.1, -0.05) is 5.11 Å². The molecule has 1 fully saturated rings. The number of aromatic hydroxyl groups is 1. The van der Waals surface area contributed by atoms with Crippen molar-refractivity contribution in [1.29, 1.82) is 0 Å². The van der Waals surface area contributed by atoms with Crippen LogP contribution in [-0.4, -0.2) is 24.1 Å². The van der Waals surface area contributed by atoms with Crippen molar-refractivity contribution in [3.8, 4) is 5.75 Å². The number of nitrogens with zero attached hydrogens (tertiary/aromatic N) is 4. The van der Waals surface area contributed by atoms with Gasteiger partial charge in [0.25, 0.3) is 0 Å². The van der Waals surface area contributed by atoms with Crippen LogP contribution in [-0.2, 0) is 11.0 Å². The van der Waals surface area contributed by atoms with Crippen LogP contribution in [0.2, 0.25) is 0 Å². The number of halogens is 3. The van der Waals surface area contributed by atoms with E-state index in [0.717, 1.165) is 23.1 Å². The fourth-order valence-electron chi connectivity index (χ4n) is 2.20. The van der Waals surface area contributed by atoms with Crippen LogP contribution >= 0.6 is 0 Å². The molecule has 1 aliphatic heterocycles. The molecular formula is C12H11F3N4O2. The van der Waals surface area contributed by atoms with Crippen LogP contribution in [0.15, 0.2) is 23.3 Å². The van der Waals surface area contributed by atoms with Crippen molar-refractivity contribution < 1.29 is 23.1 Å². The van der Waals surface area contributed by atoms with Crippen molar-refractivity contribution in [3.05, 3.63) is 34.2 Å². The summed E-state index contributed by atoms with van der Waals surface area (Å²) >= 11 is 0. The first-order valence-corrected chi connectivity index (χ1v) is 6.04. The zero-order valence-electron chi connectivity index (χ0n) is 10.7. The number of alkyl halides is 3. The highest BCUT2D eigenvalue weighted by atomic mass is 19.4. The van der Waals surface area contributed by atoms with Gasteiger partial charge in [0, 0.05) is 24.4 Å². The Morgan fingerprint density at radius 2 is 2.19 bits per heavy atom. The first-order chi connectivity index (χ1) is 9.82. The maximum atomic E-state index is 12.7. The second kappa shape index (κ2) is 5.53. The molecule has 1 aromatic carbocycles. The quantitative estimate of drug-likeness (QED) is 0.528. The molecule has 9 heteroatoms. The molecule has 0 radical (unpaired) electrons. The lowest BCUT2D eigenvalue weighted by molar-refractivity contribution is -0.137. The molecule has 0 bridgehead atoms. The summed E-state index contributed by atoms with van der Waals surface area (Å²) in [6.45, 7) is 0.186. The van der Waals surface area contributed by atoms with Gasteiger partial charge in [0.2, 0.25) is 5.91 Å². The molecule has 1 unspecified atom stereocenters. The minimum atomic E-state index is -4.56. The van der Waals surface area contributed by atoms with Crippen molar-refractivity contribution >= 4 is 11.6 Å². The number of rotatable bonds is 3. The average Bonchev–Trinajstić information content (AvgIpc) is 2.76. The standard InChI is InChI=1S/C12H11F3N4O2/c13-12(14,15)8-1-2-10(20)9(4-8)19-6-7(3-11(19)21)5-17-18-16/h1-2,4,7,20H,3,5-6H2. The molecule has 0 aliphatic carbocycles. The molecule has 1 N–H and O–H groups in total. The molecule has 1 atom stereocenters. The lowest BCUT2D eigenvalue weighted by atomic mass is 10.1. The van der Waals surface area contributed by atoms with E-state index in [-0.39, 0.29) is 31.1 Å². The van der Waals surface area contributed by atoms with E-state index in [1.165, 1.54) is 0 Å². The zero-order chi connectivity index (χ0) is 15.6. The van der Waals surface area contributed by atoms with Gasteiger partial charge in [-0.2, -0.15) is 13.2 Å². The lowest BCUT2D eigenvalue weighted by Gasteiger charge is -2.19. The van der Waals surface area contributed by atoms with Crippen molar-refractivity contribution in [2.45, 2.75) is 12.6 Å². The Morgan fingerprint density at radius 1 is 1.48 bits per heavy atom. The third-order valence-corrected chi connectivity index (χ3v) is 3.20. The summed E-state index contributed by atoms with van der Waals surface area (Å²) in [7, 11) is 0. The fraction of sp³-hybridized carbons (Fsp3) is 0.417. The molecule has 21 heavy (non-hydrogen) atoms. The molecule has 112 valence electrons. The van der Waals surface area contributed by atoms with Gasteiger partial charge in [-0.15, -0.1) is 0 Å². The van der Waals surface area contributed by atoms with E-state index in [1.54, 1.807) is 0 Å². The number of carbonyl (C=O) groups excluding carboxylic acids is 1. The first-order valence-electron chi connectivity index (χ1n) is 6.04. The van der Waals surface area contributed by atoms with Gasteiger partial charge in [0.15, 0.2) is 0 Å². The summed E-state index contributed by atoms with van der Waals surface area (Å²) in [6.07, 6.45) is -4.50. The topological polar surface area (TPSA) is 89.3 Å². The lowest BCUT2D eigenvalue weighted by Crippen LogP contribution is -2.25. The van der Waals surface area contributed by atoms with Crippen molar-refractivity contribution in [2.75, 3.05) is 18.0 Å². The predicted octanol–water partition coefficient (Wildman–Crippen LogP) is 3.07. The summed E-state index contributed by atoms with van der Waals surface area (Å²) in [6, 6.07) is 2.40. The SMILES string of the molecule is [N-]=[N+]=NCC1CC(=O)N(c2cc(C(F)(F)F)ccc2O)C1. The van der Waals surface area contributed by atoms with E-state index in [0.29, 0.717) is 0 Å². The number of amides is 1. The summed E-state index contributed by atoms with van der Waals surface area (Å²) in [4.78, 5) is 15.5. The Bertz CT molecular complexity index is 611. The van der Waals surface area contributed by atoms with Gasteiger partial charge in [-0.25, -0.2) is 0 Å². The molecule has 6 nitrogen and oxygen atoms in total. The Labute approximate surface area is 117 Å². The highest BCUT2D eigenvalue weighted by Gasteiger charge is 2.35. The molecule has 0 saturated carbocycles. The second-order valence-electron chi connectivity index (χ2n) is 4.69. The smallest absolute Gasteiger partial charge is 0.416 e. The van der Waals surface area contributed by atoms with Crippen LogP contribution in [0.25, 0.3) is 10.4 Å². The van der Waals surface area contributed by atoms with Gasteiger partial charge >= 0.3 is 6.18 Å². The normalized spacial score (nSPS) is 18.7. The number of hydrogen-bond donors (Lipinski definition) is 1. The minimum Gasteiger partial charge on any atom is -0.506 e. The van der Waals surface area contributed by atoms with Crippen LogP contribution in [0.4, 0.5) is 18.9 Å². The predicted molar refractivity (Wildman–Crippen MR) is 67.6 cm³/mol. The Hall–Kier alpha value is -2.41. The van der Waals surface area contributed by atoms with Crippen LogP contribution in [0.3, 0.4) is 0 Å². The molecule has 1 heterocycles. The number of anilines is 1. The molecule has 0 spiro atoms. The molecule has 2 rings (SSSR count). The summed E-state index contributed by atoms with van der Waals surface area (Å²) in [5.74, 6) is -1.09. The highest BCUT2D eigenvalue weighted by Crippen LogP contribution is 2.38. The van der Waals surface area contributed by atoms with Gasteiger partial charge in [0.1, 0.15) is 5.75 Å². The van der Waals surface area contributed by atoms with Crippen LogP contribution in [0.5, 0.6) is 5.75 Å². The largest absolute Gasteiger partial charge is 0.506 e. The van der Waals surface area contributed by atoms with Crippen molar-refractivity contribution in [1.82, 2.24) is 0 Å². The van der Waals surface area contributed by atoms with Gasteiger partial charge in [-0.3, -0.25) is 4.79 Å². The average molecular weight is 300 g/mol. The molecule has 0 aromatic heterocycles. The molecule has 1 aromatic rings. The molecule has 1 amide bonds. The summed E-state index contributed by atoms with van der Waals surface area (Å²) < 4.78 is 38.1. The van der Waals surface area contributed by atoms with E-state index >= 15 is 0 Å². The van der Waals surface area contributed by atoms with Crippen molar-refractivity contribution in [3.63, 3.8) is 0 Å². The Balaban J connectivity index is 2.29. The molecular weight excluding hydrogens is 289 g/mol. The summed E-state index contributed by atoms with van der Waals surface area (Å²) in [5.41, 5.74) is 7.12. The van der Waals surface area contributed by atoms with E-state index < -0.39 is 23.4 Å². The number of azide groups is 1. The van der Waals surface area contributed by atoms with Gasteiger partial charge in [-0.05, 0) is 29.6 Å². The maximum absolute atomic E-state index is 12.7. The third-order valence-electron chi connectivity index (χ3n) is 3.20. The maximum Gasteiger partial charge on any atom is 0.416 e. The Kier molecular flexibility index (Phi) is 3.95. The third kappa shape index (κ3) is 3.19. The van der Waals surface area contributed by atoms with E-state index in [2.05, 4.69) is 10.0 Å². The molecule has 1 aliphatic rings. The minimum absolute atomic E-state index is 0.0642. The zero-order valence-corrected chi connectivity index (χ0v) is 10.7. The van der Waals surface area contributed by atoms with Crippen LogP contribution < -0.4 is 4.90 Å². The summed E-state index contributed by atoms with van der Waals surface area (Å²) in [5, 5.41) is 13.1. The fourth-order valence-corrected chi connectivity index (χ4v) is 2.20. The van der Waals surface area contributed by atoms with Gasteiger partial charge in [0.05, 0.1) is 11.3 Å². The first kappa shape index (κ1) is 15.0. The number of carbonyl (C=O) groups is 1.